The summed E-state index contributed by atoms with van der Waals surface area (Å²) in [5.74, 6) is -0.494. The van der Waals surface area contributed by atoms with Crippen LogP contribution in [0, 0.1) is 5.82 Å². The number of nitrogens with one attached hydrogen (secondary N) is 2. The predicted molar refractivity (Wildman–Crippen MR) is 112 cm³/mol. The average molecular weight is 388 g/mol. The van der Waals surface area contributed by atoms with Gasteiger partial charge in [-0.25, -0.2) is 9.37 Å². The number of nitrogens with zero attached hydrogens (tertiary/aromatic N) is 2. The number of carbonyl (C=O) groups is 1. The fraction of sp³-hybridized carbons (Fsp3) is 0.174. The Bertz CT molecular complexity index is 1140. The number of fused-ring (bicyclic) bond motifs is 1. The monoisotopic (exact) mass is 388 g/mol. The van der Waals surface area contributed by atoms with Gasteiger partial charge in [-0.05, 0) is 36.8 Å². The zero-order valence-corrected chi connectivity index (χ0v) is 16.1. The molecule has 0 bridgehead atoms. The SMILES string of the molecule is CCCCNC(=O)c1cc(-c2ccc(F)cc2)nc2n[nH]c(-c3ccccc3)c12. The molecule has 1 amide bonds. The molecular formula is C23H21FN4O. The smallest absolute Gasteiger partial charge is 0.252 e. The van der Waals surface area contributed by atoms with E-state index in [9.17, 15) is 9.18 Å². The molecule has 0 saturated heterocycles. The quantitative estimate of drug-likeness (QED) is 0.459. The van der Waals surface area contributed by atoms with Gasteiger partial charge in [-0.1, -0.05) is 43.7 Å². The second-order valence-electron chi connectivity index (χ2n) is 6.83. The lowest BCUT2D eigenvalue weighted by Gasteiger charge is -2.09. The second kappa shape index (κ2) is 8.22. The minimum atomic E-state index is -0.321. The maximum absolute atomic E-state index is 13.3. The van der Waals surface area contributed by atoms with E-state index < -0.39 is 0 Å². The lowest BCUT2D eigenvalue weighted by Crippen LogP contribution is -2.24. The van der Waals surface area contributed by atoms with Crippen LogP contribution in [0.1, 0.15) is 30.1 Å². The molecule has 0 fully saturated rings. The summed E-state index contributed by atoms with van der Waals surface area (Å²) in [7, 11) is 0. The average Bonchev–Trinajstić information content (AvgIpc) is 3.18. The molecule has 0 aliphatic heterocycles. The zero-order chi connectivity index (χ0) is 20.2. The number of hydrogen-bond donors (Lipinski definition) is 2. The van der Waals surface area contributed by atoms with Crippen molar-refractivity contribution in [2.75, 3.05) is 6.54 Å². The van der Waals surface area contributed by atoms with Crippen LogP contribution >= 0.6 is 0 Å². The first-order chi connectivity index (χ1) is 14.2. The molecule has 0 saturated carbocycles. The Hall–Kier alpha value is -3.54. The van der Waals surface area contributed by atoms with Gasteiger partial charge in [-0.2, -0.15) is 5.10 Å². The molecule has 0 aliphatic rings. The molecule has 4 rings (SSSR count). The van der Waals surface area contributed by atoms with Gasteiger partial charge in [0.1, 0.15) is 5.82 Å². The number of aromatic nitrogens is 3. The summed E-state index contributed by atoms with van der Waals surface area (Å²) in [6.45, 7) is 2.68. The predicted octanol–water partition coefficient (Wildman–Crippen LogP) is 4.96. The number of unbranched alkanes of at least 4 members (excludes halogenated alkanes) is 1. The molecule has 2 N–H and O–H groups in total. The van der Waals surface area contributed by atoms with Crippen molar-refractivity contribution >= 4 is 16.9 Å². The Morgan fingerprint density at radius 2 is 1.83 bits per heavy atom. The van der Waals surface area contributed by atoms with E-state index >= 15 is 0 Å². The van der Waals surface area contributed by atoms with E-state index in [0.717, 1.165) is 29.7 Å². The Morgan fingerprint density at radius 1 is 1.07 bits per heavy atom. The van der Waals surface area contributed by atoms with Crippen LogP contribution in [0.3, 0.4) is 0 Å². The van der Waals surface area contributed by atoms with Gasteiger partial charge in [0.2, 0.25) is 0 Å². The van der Waals surface area contributed by atoms with E-state index in [1.165, 1.54) is 12.1 Å². The summed E-state index contributed by atoms with van der Waals surface area (Å²) in [6.07, 6.45) is 1.90. The van der Waals surface area contributed by atoms with Crippen LogP contribution in [0.5, 0.6) is 0 Å². The molecule has 0 unspecified atom stereocenters. The number of H-pyrrole nitrogens is 1. The van der Waals surface area contributed by atoms with Crippen molar-refractivity contribution in [2.24, 2.45) is 0 Å². The number of halogens is 1. The molecule has 146 valence electrons. The van der Waals surface area contributed by atoms with Crippen molar-refractivity contribution in [3.05, 3.63) is 72.0 Å². The van der Waals surface area contributed by atoms with Gasteiger partial charge in [0.15, 0.2) is 5.65 Å². The third kappa shape index (κ3) is 3.87. The Balaban J connectivity index is 1.87. The van der Waals surface area contributed by atoms with Gasteiger partial charge in [0.25, 0.3) is 5.91 Å². The molecule has 5 nitrogen and oxygen atoms in total. The van der Waals surface area contributed by atoms with Crippen molar-refractivity contribution in [2.45, 2.75) is 19.8 Å². The fourth-order valence-corrected chi connectivity index (χ4v) is 3.26. The van der Waals surface area contributed by atoms with Crippen molar-refractivity contribution in [1.82, 2.24) is 20.5 Å². The summed E-state index contributed by atoms with van der Waals surface area (Å²) in [6, 6.07) is 17.5. The molecule has 0 radical (unpaired) electrons. The third-order valence-electron chi connectivity index (χ3n) is 4.79. The van der Waals surface area contributed by atoms with E-state index in [0.29, 0.717) is 28.8 Å². The largest absolute Gasteiger partial charge is 0.352 e. The van der Waals surface area contributed by atoms with Crippen LogP contribution in [-0.4, -0.2) is 27.6 Å². The van der Waals surface area contributed by atoms with Crippen molar-refractivity contribution in [1.29, 1.82) is 0 Å². The topological polar surface area (TPSA) is 70.7 Å². The highest BCUT2D eigenvalue weighted by Crippen LogP contribution is 2.31. The van der Waals surface area contributed by atoms with Crippen LogP contribution in [-0.2, 0) is 0 Å². The number of hydrogen-bond acceptors (Lipinski definition) is 3. The minimum Gasteiger partial charge on any atom is -0.352 e. The fourth-order valence-electron chi connectivity index (χ4n) is 3.26. The third-order valence-corrected chi connectivity index (χ3v) is 4.79. The van der Waals surface area contributed by atoms with Gasteiger partial charge in [-0.15, -0.1) is 0 Å². The van der Waals surface area contributed by atoms with Crippen LogP contribution in [0.4, 0.5) is 4.39 Å². The first-order valence-corrected chi connectivity index (χ1v) is 9.66. The lowest BCUT2D eigenvalue weighted by molar-refractivity contribution is 0.0955. The number of amides is 1. The normalized spacial score (nSPS) is 11.0. The molecule has 2 heterocycles. The van der Waals surface area contributed by atoms with E-state index in [1.807, 2.05) is 30.3 Å². The van der Waals surface area contributed by atoms with Crippen molar-refractivity contribution < 1.29 is 9.18 Å². The molecule has 2 aromatic carbocycles. The maximum atomic E-state index is 13.3. The van der Waals surface area contributed by atoms with E-state index in [1.54, 1.807) is 18.2 Å². The molecule has 0 aliphatic carbocycles. The van der Waals surface area contributed by atoms with Crippen LogP contribution < -0.4 is 5.32 Å². The van der Waals surface area contributed by atoms with Crippen LogP contribution in [0.25, 0.3) is 33.5 Å². The first kappa shape index (κ1) is 18.8. The molecule has 0 spiro atoms. The number of benzene rings is 2. The number of pyridine rings is 1. The summed E-state index contributed by atoms with van der Waals surface area (Å²) >= 11 is 0. The van der Waals surface area contributed by atoms with Gasteiger partial charge < -0.3 is 5.32 Å². The second-order valence-corrected chi connectivity index (χ2v) is 6.83. The molecule has 2 aromatic heterocycles. The summed E-state index contributed by atoms with van der Waals surface area (Å²) in [5.41, 5.74) is 3.92. The Labute approximate surface area is 168 Å². The summed E-state index contributed by atoms with van der Waals surface area (Å²) < 4.78 is 13.3. The molecule has 0 atom stereocenters. The van der Waals surface area contributed by atoms with Crippen molar-refractivity contribution in [3.8, 4) is 22.5 Å². The van der Waals surface area contributed by atoms with Crippen LogP contribution in [0.2, 0.25) is 0 Å². The van der Waals surface area contributed by atoms with E-state index in [2.05, 4.69) is 27.4 Å². The molecule has 29 heavy (non-hydrogen) atoms. The standard InChI is InChI=1S/C23H21FN4O/c1-2-3-13-25-23(29)18-14-19(15-9-11-17(24)12-10-15)26-22-20(18)21(27-28-22)16-7-5-4-6-8-16/h4-12,14H,2-3,13H2,1H3,(H,25,29)(H,26,27,28). The van der Waals surface area contributed by atoms with Crippen molar-refractivity contribution in [3.63, 3.8) is 0 Å². The Kier molecular flexibility index (Phi) is 5.33. The van der Waals surface area contributed by atoms with Gasteiger partial charge in [-0.3, -0.25) is 9.89 Å². The highest BCUT2D eigenvalue weighted by Gasteiger charge is 2.20. The highest BCUT2D eigenvalue weighted by atomic mass is 19.1. The number of rotatable bonds is 6. The van der Waals surface area contributed by atoms with E-state index in [-0.39, 0.29) is 11.7 Å². The number of aromatic amines is 1. The van der Waals surface area contributed by atoms with Gasteiger partial charge >= 0.3 is 0 Å². The molecular weight excluding hydrogens is 367 g/mol. The van der Waals surface area contributed by atoms with E-state index in [4.69, 9.17) is 0 Å². The summed E-state index contributed by atoms with van der Waals surface area (Å²) in [5, 5.41) is 11.0. The maximum Gasteiger partial charge on any atom is 0.252 e. The first-order valence-electron chi connectivity index (χ1n) is 9.66. The number of carbonyl (C=O) groups excluding carboxylic acids is 1. The van der Waals surface area contributed by atoms with Crippen LogP contribution in [0.15, 0.2) is 60.7 Å². The van der Waals surface area contributed by atoms with Gasteiger partial charge in [0.05, 0.1) is 22.3 Å². The summed E-state index contributed by atoms with van der Waals surface area (Å²) in [4.78, 5) is 17.6. The minimum absolute atomic E-state index is 0.173. The zero-order valence-electron chi connectivity index (χ0n) is 16.1. The highest BCUT2D eigenvalue weighted by molar-refractivity contribution is 6.10. The van der Waals surface area contributed by atoms with Gasteiger partial charge in [0, 0.05) is 17.7 Å². The molecule has 4 aromatic rings. The lowest BCUT2D eigenvalue weighted by atomic mass is 10.0. The molecule has 6 heteroatoms. The Morgan fingerprint density at radius 3 is 2.55 bits per heavy atom.